The normalized spacial score (nSPS) is 10.7. The summed E-state index contributed by atoms with van der Waals surface area (Å²) in [5, 5.41) is 2.16. The second-order valence-corrected chi connectivity index (χ2v) is 4.01. The first-order chi connectivity index (χ1) is 9.78. The standard InChI is InChI=1S/C12H14F3N3O3/c1-18(10(19)16-8-12(13,14)15)17-11(20)21-7-9-5-3-2-4-6-9/h2-6H,7-8H2,1H3,(H,16,19)(H,17,20). The van der Waals surface area contributed by atoms with Crippen molar-refractivity contribution < 1.29 is 27.5 Å². The van der Waals surface area contributed by atoms with Crippen LogP contribution in [0.1, 0.15) is 5.56 Å². The van der Waals surface area contributed by atoms with E-state index in [1.54, 1.807) is 35.6 Å². The molecule has 1 aromatic carbocycles. The summed E-state index contributed by atoms with van der Waals surface area (Å²) in [6.45, 7) is -1.51. The largest absolute Gasteiger partial charge is 0.443 e. The van der Waals surface area contributed by atoms with Gasteiger partial charge in [0.1, 0.15) is 13.2 Å². The number of rotatable bonds is 3. The van der Waals surface area contributed by atoms with Gasteiger partial charge in [0.25, 0.3) is 0 Å². The lowest BCUT2D eigenvalue weighted by atomic mass is 10.2. The van der Waals surface area contributed by atoms with Crippen molar-refractivity contribution >= 4 is 12.1 Å². The summed E-state index contributed by atoms with van der Waals surface area (Å²) >= 11 is 0. The predicted molar refractivity (Wildman–Crippen MR) is 67.0 cm³/mol. The lowest BCUT2D eigenvalue weighted by Gasteiger charge is -2.19. The van der Waals surface area contributed by atoms with Crippen LogP contribution in [0, 0.1) is 0 Å². The van der Waals surface area contributed by atoms with Gasteiger partial charge in [-0.25, -0.2) is 20.0 Å². The quantitative estimate of drug-likeness (QED) is 0.839. The van der Waals surface area contributed by atoms with E-state index in [0.29, 0.717) is 5.01 Å². The molecular formula is C12H14F3N3O3. The van der Waals surface area contributed by atoms with Crippen molar-refractivity contribution in [1.82, 2.24) is 15.8 Å². The summed E-state index contributed by atoms with van der Waals surface area (Å²) in [6, 6.07) is 7.66. The second-order valence-electron chi connectivity index (χ2n) is 4.01. The molecule has 0 atom stereocenters. The third-order valence-corrected chi connectivity index (χ3v) is 2.22. The third kappa shape index (κ3) is 7.04. The van der Waals surface area contributed by atoms with Crippen LogP contribution < -0.4 is 10.7 Å². The lowest BCUT2D eigenvalue weighted by Crippen LogP contribution is -2.50. The van der Waals surface area contributed by atoms with Gasteiger partial charge in [-0.3, -0.25) is 0 Å². The Hall–Kier alpha value is -2.45. The van der Waals surface area contributed by atoms with Gasteiger partial charge in [0.05, 0.1) is 0 Å². The smallest absolute Gasteiger partial charge is 0.426 e. The summed E-state index contributed by atoms with van der Waals surface area (Å²) < 4.78 is 40.5. The highest BCUT2D eigenvalue weighted by Gasteiger charge is 2.28. The molecule has 21 heavy (non-hydrogen) atoms. The van der Waals surface area contributed by atoms with Gasteiger partial charge in [-0.15, -0.1) is 0 Å². The topological polar surface area (TPSA) is 70.7 Å². The van der Waals surface area contributed by atoms with Crippen LogP contribution in [0.2, 0.25) is 0 Å². The van der Waals surface area contributed by atoms with Crippen LogP contribution in [-0.4, -0.2) is 36.9 Å². The van der Waals surface area contributed by atoms with Gasteiger partial charge in [-0.05, 0) is 5.56 Å². The highest BCUT2D eigenvalue weighted by atomic mass is 19.4. The Kier molecular flexibility index (Phi) is 5.82. The van der Waals surface area contributed by atoms with E-state index in [0.717, 1.165) is 12.6 Å². The Balaban J connectivity index is 2.31. The first-order valence-electron chi connectivity index (χ1n) is 5.83. The Morgan fingerprint density at radius 2 is 1.86 bits per heavy atom. The number of nitrogens with one attached hydrogen (secondary N) is 2. The number of carbonyl (C=O) groups excluding carboxylic acids is 2. The molecule has 0 radical (unpaired) electrons. The predicted octanol–water partition coefficient (Wildman–Crippen LogP) is 2.03. The summed E-state index contributed by atoms with van der Waals surface area (Å²) in [7, 11) is 1.09. The van der Waals surface area contributed by atoms with Crippen LogP contribution in [0.15, 0.2) is 30.3 Å². The number of hydrazine groups is 1. The van der Waals surface area contributed by atoms with Gasteiger partial charge in [0, 0.05) is 7.05 Å². The molecule has 3 amide bonds. The number of urea groups is 1. The van der Waals surface area contributed by atoms with E-state index in [4.69, 9.17) is 4.74 Å². The van der Waals surface area contributed by atoms with Crippen molar-refractivity contribution in [1.29, 1.82) is 0 Å². The average molecular weight is 305 g/mol. The van der Waals surface area contributed by atoms with Crippen LogP contribution in [0.4, 0.5) is 22.8 Å². The molecule has 0 aliphatic carbocycles. The fourth-order valence-corrected chi connectivity index (χ4v) is 1.24. The minimum atomic E-state index is -4.52. The number of benzene rings is 1. The van der Waals surface area contributed by atoms with Crippen molar-refractivity contribution in [3.05, 3.63) is 35.9 Å². The second kappa shape index (κ2) is 7.36. The average Bonchev–Trinajstić information content (AvgIpc) is 2.42. The van der Waals surface area contributed by atoms with Crippen molar-refractivity contribution in [2.45, 2.75) is 12.8 Å². The summed E-state index contributed by atoms with van der Waals surface area (Å²) in [4.78, 5) is 22.6. The molecule has 0 saturated carbocycles. The molecule has 0 bridgehead atoms. The Morgan fingerprint density at radius 3 is 2.43 bits per heavy atom. The van der Waals surface area contributed by atoms with Crippen LogP contribution in [0.3, 0.4) is 0 Å². The molecule has 0 aromatic heterocycles. The monoisotopic (exact) mass is 305 g/mol. The van der Waals surface area contributed by atoms with Crippen LogP contribution in [0.5, 0.6) is 0 Å². The number of carbonyl (C=O) groups is 2. The fourth-order valence-electron chi connectivity index (χ4n) is 1.24. The highest BCUT2D eigenvalue weighted by molar-refractivity contribution is 5.77. The molecule has 6 nitrogen and oxygen atoms in total. The Bertz CT molecular complexity index is 480. The van der Waals surface area contributed by atoms with Crippen molar-refractivity contribution in [2.75, 3.05) is 13.6 Å². The number of nitrogens with zero attached hydrogens (tertiary/aromatic N) is 1. The zero-order valence-electron chi connectivity index (χ0n) is 11.1. The van der Waals surface area contributed by atoms with E-state index in [1.165, 1.54) is 0 Å². The van der Waals surface area contributed by atoms with E-state index in [1.807, 2.05) is 5.43 Å². The highest BCUT2D eigenvalue weighted by Crippen LogP contribution is 2.12. The van der Waals surface area contributed by atoms with Gasteiger partial charge in [0.2, 0.25) is 0 Å². The van der Waals surface area contributed by atoms with Gasteiger partial charge >= 0.3 is 18.3 Å². The SMILES string of the molecule is CN(NC(=O)OCc1ccccc1)C(=O)NCC(F)(F)F. The summed E-state index contributed by atoms with van der Waals surface area (Å²) in [6.07, 6.45) is -5.48. The Morgan fingerprint density at radius 1 is 1.24 bits per heavy atom. The number of hydrogen-bond acceptors (Lipinski definition) is 3. The van der Waals surface area contributed by atoms with Crippen molar-refractivity contribution in [2.24, 2.45) is 0 Å². The van der Waals surface area contributed by atoms with Crippen molar-refractivity contribution in [3.63, 3.8) is 0 Å². The molecule has 0 spiro atoms. The van der Waals surface area contributed by atoms with E-state index in [9.17, 15) is 22.8 Å². The molecule has 0 fully saturated rings. The van der Waals surface area contributed by atoms with Gasteiger partial charge in [-0.2, -0.15) is 13.2 Å². The molecule has 9 heteroatoms. The van der Waals surface area contributed by atoms with Crippen molar-refractivity contribution in [3.8, 4) is 0 Å². The van der Waals surface area contributed by atoms with E-state index in [-0.39, 0.29) is 6.61 Å². The molecule has 0 aliphatic rings. The third-order valence-electron chi connectivity index (χ3n) is 2.22. The molecule has 116 valence electrons. The fraction of sp³-hybridized carbons (Fsp3) is 0.333. The molecule has 0 heterocycles. The summed E-state index contributed by atoms with van der Waals surface area (Å²) in [5.41, 5.74) is 2.71. The van der Waals surface area contributed by atoms with Gasteiger partial charge in [0.15, 0.2) is 0 Å². The maximum Gasteiger partial charge on any atom is 0.426 e. The number of amides is 3. The molecule has 1 rings (SSSR count). The van der Waals surface area contributed by atoms with Gasteiger partial charge in [-0.1, -0.05) is 30.3 Å². The minimum absolute atomic E-state index is 0.0231. The van der Waals surface area contributed by atoms with E-state index >= 15 is 0 Å². The van der Waals surface area contributed by atoms with Crippen LogP contribution in [-0.2, 0) is 11.3 Å². The van der Waals surface area contributed by atoms with Crippen LogP contribution in [0.25, 0.3) is 0 Å². The summed E-state index contributed by atoms with van der Waals surface area (Å²) in [5.74, 6) is 0. The molecule has 0 saturated heterocycles. The Labute approximate surface area is 118 Å². The van der Waals surface area contributed by atoms with E-state index < -0.39 is 24.8 Å². The maximum absolute atomic E-state index is 11.9. The number of ether oxygens (including phenoxy) is 1. The van der Waals surface area contributed by atoms with Gasteiger partial charge < -0.3 is 10.1 Å². The zero-order chi connectivity index (χ0) is 15.9. The molecule has 0 aliphatic heterocycles. The molecular weight excluding hydrogens is 291 g/mol. The minimum Gasteiger partial charge on any atom is -0.443 e. The first kappa shape index (κ1) is 16.6. The first-order valence-corrected chi connectivity index (χ1v) is 5.83. The number of halogens is 3. The number of alkyl halides is 3. The zero-order valence-corrected chi connectivity index (χ0v) is 11.1. The lowest BCUT2D eigenvalue weighted by molar-refractivity contribution is -0.123. The van der Waals surface area contributed by atoms with E-state index in [2.05, 4.69) is 0 Å². The number of hydrogen-bond donors (Lipinski definition) is 2. The molecule has 0 unspecified atom stereocenters. The molecule has 2 N–H and O–H groups in total. The maximum atomic E-state index is 11.9. The van der Waals surface area contributed by atoms with Crippen LogP contribution >= 0.6 is 0 Å². The molecule has 1 aromatic rings.